The number of aryl methyl sites for hydroxylation is 1. The Morgan fingerprint density at radius 2 is 2.04 bits per heavy atom. The van der Waals surface area contributed by atoms with Gasteiger partial charge in [-0.25, -0.2) is 4.68 Å². The highest BCUT2D eigenvalue weighted by molar-refractivity contribution is 6.33. The summed E-state index contributed by atoms with van der Waals surface area (Å²) in [6, 6.07) is 13.0. The predicted octanol–water partition coefficient (Wildman–Crippen LogP) is 3.48. The Kier molecular flexibility index (Phi) is 3.97. The van der Waals surface area contributed by atoms with E-state index in [1.807, 2.05) is 37.3 Å². The molecule has 130 valence electrons. The first-order chi connectivity index (χ1) is 12.5. The van der Waals surface area contributed by atoms with Crippen molar-refractivity contribution in [3.05, 3.63) is 69.6 Å². The highest BCUT2D eigenvalue weighted by atomic mass is 35.5. The number of carbonyl (C=O) groups excluding carboxylic acids is 1. The number of rotatable bonds is 3. The van der Waals surface area contributed by atoms with Crippen molar-refractivity contribution in [2.24, 2.45) is 0 Å². The molecule has 0 saturated heterocycles. The molecule has 4 aromatic rings. The van der Waals surface area contributed by atoms with E-state index in [2.05, 4.69) is 15.4 Å². The van der Waals surface area contributed by atoms with Crippen LogP contribution in [-0.4, -0.2) is 20.7 Å². The molecule has 0 aliphatic carbocycles. The minimum Gasteiger partial charge on any atom is -0.350 e. The molecule has 0 aliphatic rings. The van der Waals surface area contributed by atoms with Gasteiger partial charge in [0.15, 0.2) is 0 Å². The largest absolute Gasteiger partial charge is 0.350 e. The van der Waals surface area contributed by atoms with Gasteiger partial charge in [0, 0.05) is 16.3 Å². The molecule has 0 unspecified atom stereocenters. The van der Waals surface area contributed by atoms with Gasteiger partial charge in [-0.3, -0.25) is 9.59 Å². The summed E-state index contributed by atoms with van der Waals surface area (Å²) in [7, 11) is 0. The van der Waals surface area contributed by atoms with Crippen LogP contribution >= 0.6 is 11.6 Å². The van der Waals surface area contributed by atoms with Gasteiger partial charge >= 0.3 is 0 Å². The summed E-state index contributed by atoms with van der Waals surface area (Å²) in [6.45, 7) is 1.71. The first-order valence-electron chi connectivity index (χ1n) is 8.05. The lowest BCUT2D eigenvalue weighted by Crippen LogP contribution is -2.29. The molecule has 2 aromatic carbocycles. The minimum absolute atomic E-state index is 0.200. The molecule has 7 heteroatoms. The fraction of sp³-hybridized carbons (Fsp3) is 0.105. The van der Waals surface area contributed by atoms with E-state index in [1.54, 1.807) is 18.3 Å². The number of anilines is 1. The Labute approximate surface area is 153 Å². The monoisotopic (exact) mass is 366 g/mol. The lowest BCUT2D eigenvalue weighted by atomic mass is 10.2. The zero-order valence-electron chi connectivity index (χ0n) is 13.9. The number of para-hydroxylation sites is 1. The molecule has 2 aromatic heterocycles. The number of H-pyrrole nitrogens is 1. The number of halogens is 1. The molecule has 0 atom stereocenters. The van der Waals surface area contributed by atoms with Gasteiger partial charge in [0.1, 0.15) is 12.1 Å². The van der Waals surface area contributed by atoms with Crippen LogP contribution in [0.5, 0.6) is 0 Å². The van der Waals surface area contributed by atoms with Crippen LogP contribution in [0.15, 0.2) is 53.5 Å². The number of nitrogens with zero attached hydrogens (tertiary/aromatic N) is 2. The van der Waals surface area contributed by atoms with Crippen LogP contribution in [0, 0.1) is 6.92 Å². The first kappa shape index (κ1) is 16.4. The quantitative estimate of drug-likeness (QED) is 0.582. The van der Waals surface area contributed by atoms with E-state index in [4.69, 9.17) is 11.6 Å². The Hall–Kier alpha value is -3.12. The standard InChI is InChI=1S/C19H15ClN4O2/c1-11-6-7-16(14(20)8-11)22-17(25)10-24-19(26)18-13(9-21-24)12-4-2-3-5-15(12)23-18/h2-9,23H,10H2,1H3,(H,22,25). The number of fused-ring (bicyclic) bond motifs is 3. The molecular formula is C19H15ClN4O2. The van der Waals surface area contributed by atoms with E-state index in [9.17, 15) is 9.59 Å². The van der Waals surface area contributed by atoms with Crippen LogP contribution in [0.25, 0.3) is 21.8 Å². The summed E-state index contributed by atoms with van der Waals surface area (Å²) >= 11 is 6.13. The second kappa shape index (κ2) is 6.31. The molecule has 0 bridgehead atoms. The van der Waals surface area contributed by atoms with Crippen molar-refractivity contribution in [1.29, 1.82) is 0 Å². The summed E-state index contributed by atoms with van der Waals surface area (Å²) in [5, 5.41) is 8.96. The lowest BCUT2D eigenvalue weighted by Gasteiger charge is -2.08. The van der Waals surface area contributed by atoms with Crippen molar-refractivity contribution >= 4 is 45.0 Å². The third-order valence-corrected chi connectivity index (χ3v) is 4.53. The fourth-order valence-corrected chi connectivity index (χ4v) is 3.22. The summed E-state index contributed by atoms with van der Waals surface area (Å²) in [5.74, 6) is -0.374. The third kappa shape index (κ3) is 2.84. The van der Waals surface area contributed by atoms with Gasteiger partial charge in [-0.2, -0.15) is 5.10 Å². The molecule has 1 amide bonds. The summed E-state index contributed by atoms with van der Waals surface area (Å²) in [5.41, 5.74) is 2.44. The molecular weight excluding hydrogens is 352 g/mol. The van der Waals surface area contributed by atoms with Gasteiger partial charge in [0.2, 0.25) is 5.91 Å². The summed E-state index contributed by atoms with van der Waals surface area (Å²) in [6.07, 6.45) is 1.60. The zero-order valence-corrected chi connectivity index (χ0v) is 14.7. The van der Waals surface area contributed by atoms with E-state index in [-0.39, 0.29) is 18.0 Å². The van der Waals surface area contributed by atoms with Crippen LogP contribution in [0.2, 0.25) is 5.02 Å². The third-order valence-electron chi connectivity index (χ3n) is 4.21. The Morgan fingerprint density at radius 3 is 2.85 bits per heavy atom. The number of benzene rings is 2. The van der Waals surface area contributed by atoms with Gasteiger partial charge in [-0.15, -0.1) is 0 Å². The predicted molar refractivity (Wildman–Crippen MR) is 103 cm³/mol. The first-order valence-corrected chi connectivity index (χ1v) is 8.43. The fourth-order valence-electron chi connectivity index (χ4n) is 2.94. The van der Waals surface area contributed by atoms with Crippen molar-refractivity contribution in [1.82, 2.24) is 14.8 Å². The second-order valence-corrected chi connectivity index (χ2v) is 6.51. The van der Waals surface area contributed by atoms with Crippen molar-refractivity contribution < 1.29 is 4.79 Å². The van der Waals surface area contributed by atoms with Crippen LogP contribution < -0.4 is 10.9 Å². The van der Waals surface area contributed by atoms with Gasteiger partial charge in [-0.05, 0) is 30.7 Å². The van der Waals surface area contributed by atoms with E-state index < -0.39 is 0 Å². The number of aromatic amines is 1. The number of hydrogen-bond acceptors (Lipinski definition) is 3. The summed E-state index contributed by atoms with van der Waals surface area (Å²) < 4.78 is 1.13. The van der Waals surface area contributed by atoms with E-state index in [0.29, 0.717) is 16.2 Å². The Balaban J connectivity index is 1.64. The number of hydrogen-bond donors (Lipinski definition) is 2. The molecule has 0 saturated carbocycles. The molecule has 2 N–H and O–H groups in total. The maximum atomic E-state index is 12.7. The second-order valence-electron chi connectivity index (χ2n) is 6.10. The van der Waals surface area contributed by atoms with Crippen LogP contribution in [0.1, 0.15) is 5.56 Å². The molecule has 2 heterocycles. The van der Waals surface area contributed by atoms with E-state index >= 15 is 0 Å². The molecule has 0 spiro atoms. The molecule has 4 rings (SSSR count). The molecule has 0 radical (unpaired) electrons. The molecule has 6 nitrogen and oxygen atoms in total. The number of aromatic nitrogens is 3. The average Bonchev–Trinajstić information content (AvgIpc) is 2.99. The number of carbonyl (C=O) groups is 1. The van der Waals surface area contributed by atoms with Crippen molar-refractivity contribution in [3.8, 4) is 0 Å². The molecule has 0 aliphatic heterocycles. The SMILES string of the molecule is Cc1ccc(NC(=O)Cn2ncc3c([nH]c4ccccc43)c2=O)c(Cl)c1. The van der Waals surface area contributed by atoms with Gasteiger partial charge in [0.05, 0.1) is 16.9 Å². The topological polar surface area (TPSA) is 79.8 Å². The Bertz CT molecular complexity index is 1210. The smallest absolute Gasteiger partial charge is 0.291 e. The molecule has 26 heavy (non-hydrogen) atoms. The zero-order chi connectivity index (χ0) is 18.3. The summed E-state index contributed by atoms with van der Waals surface area (Å²) in [4.78, 5) is 28.1. The van der Waals surface area contributed by atoms with Crippen molar-refractivity contribution in [2.45, 2.75) is 13.5 Å². The average molecular weight is 367 g/mol. The normalized spacial score (nSPS) is 11.2. The highest BCUT2D eigenvalue weighted by Gasteiger charge is 2.13. The van der Waals surface area contributed by atoms with E-state index in [0.717, 1.165) is 26.5 Å². The number of amides is 1. The Morgan fingerprint density at radius 1 is 1.23 bits per heavy atom. The maximum absolute atomic E-state index is 12.7. The number of nitrogens with one attached hydrogen (secondary N) is 2. The van der Waals surface area contributed by atoms with Crippen LogP contribution in [0.3, 0.4) is 0 Å². The van der Waals surface area contributed by atoms with Gasteiger partial charge in [0.25, 0.3) is 5.56 Å². The van der Waals surface area contributed by atoms with Crippen LogP contribution in [-0.2, 0) is 11.3 Å². The van der Waals surface area contributed by atoms with Gasteiger partial charge < -0.3 is 10.3 Å². The van der Waals surface area contributed by atoms with E-state index in [1.165, 1.54) is 0 Å². The highest BCUT2D eigenvalue weighted by Crippen LogP contribution is 2.23. The van der Waals surface area contributed by atoms with Crippen molar-refractivity contribution in [2.75, 3.05) is 5.32 Å². The minimum atomic E-state index is -0.374. The lowest BCUT2D eigenvalue weighted by molar-refractivity contribution is -0.117. The van der Waals surface area contributed by atoms with Gasteiger partial charge in [-0.1, -0.05) is 35.9 Å². The molecule has 0 fully saturated rings. The van der Waals surface area contributed by atoms with Crippen LogP contribution in [0.4, 0.5) is 5.69 Å². The van der Waals surface area contributed by atoms with Crippen molar-refractivity contribution in [3.63, 3.8) is 0 Å². The maximum Gasteiger partial charge on any atom is 0.291 e.